The van der Waals surface area contributed by atoms with Crippen LogP contribution < -0.4 is 10.6 Å². The fourth-order valence-electron chi connectivity index (χ4n) is 2.69. The van der Waals surface area contributed by atoms with Crippen molar-refractivity contribution in [1.82, 2.24) is 20.8 Å². The number of hydrogen-bond acceptors (Lipinski definition) is 5. The van der Waals surface area contributed by atoms with E-state index >= 15 is 0 Å². The summed E-state index contributed by atoms with van der Waals surface area (Å²) in [7, 11) is 1.75. The van der Waals surface area contributed by atoms with Crippen LogP contribution in [-0.2, 0) is 25.9 Å². The van der Waals surface area contributed by atoms with E-state index < -0.39 is 0 Å². The van der Waals surface area contributed by atoms with Crippen LogP contribution >= 0.6 is 35.3 Å². The molecule has 0 radical (unpaired) electrons. The third kappa shape index (κ3) is 7.43. The van der Waals surface area contributed by atoms with Crippen molar-refractivity contribution in [1.29, 1.82) is 0 Å². The van der Waals surface area contributed by atoms with Crippen LogP contribution in [0.5, 0.6) is 0 Å². The predicted molar refractivity (Wildman–Crippen MR) is 129 cm³/mol. The molecule has 0 bridgehead atoms. The molecule has 0 aliphatic rings. The van der Waals surface area contributed by atoms with Gasteiger partial charge in [-0.2, -0.15) is 0 Å². The maximum Gasteiger partial charge on any atom is 0.191 e. The smallest absolute Gasteiger partial charge is 0.191 e. The molecule has 2 aromatic heterocycles. The molecule has 6 nitrogen and oxygen atoms in total. The fraction of sp³-hybridized carbons (Fsp3) is 0.381. The quantitative estimate of drug-likeness (QED) is 0.257. The van der Waals surface area contributed by atoms with E-state index in [0.29, 0.717) is 25.0 Å². The number of thiazole rings is 1. The van der Waals surface area contributed by atoms with Gasteiger partial charge in [-0.25, -0.2) is 4.98 Å². The number of hydrogen-bond donors (Lipinski definition) is 2. The fourth-order valence-corrected chi connectivity index (χ4v) is 3.49. The van der Waals surface area contributed by atoms with Crippen LogP contribution in [-0.4, -0.2) is 23.1 Å². The average Bonchev–Trinajstić information content (AvgIpc) is 3.37. The maximum atomic E-state index is 5.34. The first kappa shape index (κ1) is 23.3. The van der Waals surface area contributed by atoms with Gasteiger partial charge in [0.15, 0.2) is 11.7 Å². The van der Waals surface area contributed by atoms with Crippen LogP contribution in [0.4, 0.5) is 0 Å². The summed E-state index contributed by atoms with van der Waals surface area (Å²) >= 11 is 1.71. The summed E-state index contributed by atoms with van der Waals surface area (Å²) in [5.41, 5.74) is 3.33. The minimum Gasteiger partial charge on any atom is -0.359 e. The minimum atomic E-state index is 0. The van der Waals surface area contributed by atoms with E-state index in [1.54, 1.807) is 18.4 Å². The highest BCUT2D eigenvalue weighted by Crippen LogP contribution is 2.14. The molecule has 0 unspecified atom stereocenters. The van der Waals surface area contributed by atoms with Crippen molar-refractivity contribution < 1.29 is 4.52 Å². The second-order valence-corrected chi connectivity index (χ2v) is 7.81. The topological polar surface area (TPSA) is 75.3 Å². The normalized spacial score (nSPS) is 11.4. The summed E-state index contributed by atoms with van der Waals surface area (Å²) in [6.07, 6.45) is 1.98. The first-order chi connectivity index (χ1) is 13.6. The summed E-state index contributed by atoms with van der Waals surface area (Å²) in [6, 6.07) is 12.5. The Labute approximate surface area is 193 Å². The molecule has 0 saturated heterocycles. The SMILES string of the molecule is CN=C(NCc1csc(CCc2ccccc2)n1)NCc1cc(C(C)C)no1.I. The number of aliphatic imine (C=N–C) groups is 1. The lowest BCUT2D eigenvalue weighted by Crippen LogP contribution is -2.36. The van der Waals surface area contributed by atoms with Crippen molar-refractivity contribution in [3.05, 3.63) is 69.5 Å². The van der Waals surface area contributed by atoms with Gasteiger partial charge in [-0.05, 0) is 17.9 Å². The van der Waals surface area contributed by atoms with Crippen LogP contribution in [0.3, 0.4) is 0 Å². The zero-order chi connectivity index (χ0) is 19.8. The Bertz CT molecular complexity index is 891. The van der Waals surface area contributed by atoms with Gasteiger partial charge in [-0.15, -0.1) is 35.3 Å². The number of guanidine groups is 1. The van der Waals surface area contributed by atoms with E-state index in [1.807, 2.05) is 12.1 Å². The highest BCUT2D eigenvalue weighted by molar-refractivity contribution is 14.0. The summed E-state index contributed by atoms with van der Waals surface area (Å²) in [4.78, 5) is 8.97. The Morgan fingerprint density at radius 1 is 1.14 bits per heavy atom. The molecule has 8 heteroatoms. The first-order valence-electron chi connectivity index (χ1n) is 9.51. The summed E-state index contributed by atoms with van der Waals surface area (Å²) < 4.78 is 5.34. The molecule has 0 fully saturated rings. The molecule has 29 heavy (non-hydrogen) atoms. The van der Waals surface area contributed by atoms with E-state index in [4.69, 9.17) is 9.51 Å². The second-order valence-electron chi connectivity index (χ2n) is 6.87. The molecular formula is C21H28IN5OS. The van der Waals surface area contributed by atoms with Crippen LogP contribution in [0.15, 0.2) is 51.3 Å². The largest absolute Gasteiger partial charge is 0.359 e. The Morgan fingerprint density at radius 3 is 2.59 bits per heavy atom. The van der Waals surface area contributed by atoms with Crippen molar-refractivity contribution >= 4 is 41.3 Å². The predicted octanol–water partition coefficient (Wildman–Crippen LogP) is 4.52. The van der Waals surface area contributed by atoms with Gasteiger partial charge in [0, 0.05) is 24.9 Å². The van der Waals surface area contributed by atoms with Gasteiger partial charge in [0.2, 0.25) is 0 Å². The van der Waals surface area contributed by atoms with Gasteiger partial charge in [0.05, 0.1) is 29.5 Å². The number of rotatable bonds is 8. The Morgan fingerprint density at radius 2 is 1.90 bits per heavy atom. The maximum absolute atomic E-state index is 5.34. The lowest BCUT2D eigenvalue weighted by atomic mass is 10.1. The molecule has 0 atom stereocenters. The summed E-state index contributed by atoms with van der Waals surface area (Å²) in [5.74, 6) is 1.86. The Hall–Kier alpha value is -1.94. The number of benzene rings is 1. The monoisotopic (exact) mass is 525 g/mol. The van der Waals surface area contributed by atoms with Gasteiger partial charge in [0.1, 0.15) is 0 Å². The third-order valence-corrected chi connectivity index (χ3v) is 5.29. The minimum absolute atomic E-state index is 0. The highest BCUT2D eigenvalue weighted by Gasteiger charge is 2.09. The molecule has 0 aliphatic heterocycles. The second kappa shape index (κ2) is 11.9. The average molecular weight is 525 g/mol. The van der Waals surface area contributed by atoms with E-state index in [0.717, 1.165) is 35.0 Å². The molecule has 2 heterocycles. The summed E-state index contributed by atoms with van der Waals surface area (Å²) in [5, 5.41) is 13.9. The molecule has 0 amide bonds. The molecule has 3 rings (SSSR count). The first-order valence-corrected chi connectivity index (χ1v) is 10.4. The van der Waals surface area contributed by atoms with Gasteiger partial charge in [-0.3, -0.25) is 4.99 Å². The van der Waals surface area contributed by atoms with Crippen molar-refractivity contribution in [3.63, 3.8) is 0 Å². The number of aryl methyl sites for hydroxylation is 2. The zero-order valence-electron chi connectivity index (χ0n) is 17.0. The number of halogens is 1. The number of aromatic nitrogens is 2. The van der Waals surface area contributed by atoms with E-state index in [9.17, 15) is 0 Å². The van der Waals surface area contributed by atoms with Gasteiger partial charge < -0.3 is 15.2 Å². The lowest BCUT2D eigenvalue weighted by molar-refractivity contribution is 0.372. The van der Waals surface area contributed by atoms with Gasteiger partial charge in [-0.1, -0.05) is 49.3 Å². The van der Waals surface area contributed by atoms with Crippen molar-refractivity contribution in [2.24, 2.45) is 4.99 Å². The summed E-state index contributed by atoms with van der Waals surface area (Å²) in [6.45, 7) is 5.36. The molecular weight excluding hydrogens is 497 g/mol. The van der Waals surface area contributed by atoms with E-state index in [2.05, 4.69) is 64.3 Å². The lowest BCUT2D eigenvalue weighted by Gasteiger charge is -2.09. The van der Waals surface area contributed by atoms with Crippen molar-refractivity contribution in [2.45, 2.75) is 45.7 Å². The van der Waals surface area contributed by atoms with Crippen molar-refractivity contribution in [3.8, 4) is 0 Å². The molecule has 0 spiro atoms. The van der Waals surface area contributed by atoms with E-state index in [-0.39, 0.29) is 24.0 Å². The number of nitrogens with zero attached hydrogens (tertiary/aromatic N) is 3. The molecule has 0 aliphatic carbocycles. The Balaban J connectivity index is 0.00000300. The van der Waals surface area contributed by atoms with E-state index in [1.165, 1.54) is 5.56 Å². The van der Waals surface area contributed by atoms with Gasteiger partial charge >= 0.3 is 0 Å². The number of nitrogens with one attached hydrogen (secondary N) is 2. The molecule has 3 aromatic rings. The molecule has 2 N–H and O–H groups in total. The standard InChI is InChI=1S/C21H27N5OS.HI/c1-15(2)19-11-18(27-26-19)13-24-21(22-3)23-12-17-14-28-20(25-17)10-9-16-7-5-4-6-8-16;/h4-8,11,14-15H,9-10,12-13H2,1-3H3,(H2,22,23,24);1H. The molecule has 156 valence electrons. The van der Waals surface area contributed by atoms with Crippen LogP contribution in [0.25, 0.3) is 0 Å². The molecule has 0 saturated carbocycles. The van der Waals surface area contributed by atoms with Crippen LogP contribution in [0, 0.1) is 0 Å². The van der Waals surface area contributed by atoms with Gasteiger partial charge in [0.25, 0.3) is 0 Å². The van der Waals surface area contributed by atoms with Crippen LogP contribution in [0.2, 0.25) is 0 Å². The molecule has 1 aromatic carbocycles. The Kier molecular flexibility index (Phi) is 9.59. The highest BCUT2D eigenvalue weighted by atomic mass is 127. The third-order valence-electron chi connectivity index (χ3n) is 4.33. The van der Waals surface area contributed by atoms with Crippen molar-refractivity contribution in [2.75, 3.05) is 7.05 Å². The van der Waals surface area contributed by atoms with Crippen LogP contribution in [0.1, 0.15) is 47.5 Å². The zero-order valence-corrected chi connectivity index (χ0v) is 20.2.